The van der Waals surface area contributed by atoms with E-state index in [0.717, 1.165) is 0 Å². The molecule has 13 nitrogen and oxygen atoms in total. The molecule has 38 heavy (non-hydrogen) atoms. The van der Waals surface area contributed by atoms with Crippen molar-refractivity contribution >= 4 is 34.8 Å². The lowest BCUT2D eigenvalue weighted by Gasteiger charge is -2.53. The Labute approximate surface area is 217 Å². The molecule has 1 aromatic carbocycles. The summed E-state index contributed by atoms with van der Waals surface area (Å²) in [4.78, 5) is 52.5. The van der Waals surface area contributed by atoms with Crippen LogP contribution in [0.15, 0.2) is 29.0 Å². The fourth-order valence-electron chi connectivity index (χ4n) is 6.07. The molecule has 9 N–H and O–H groups in total. The summed E-state index contributed by atoms with van der Waals surface area (Å²) in [6.07, 6.45) is -1.68. The number of hydrogen-bond acceptors (Lipinski definition) is 11. The summed E-state index contributed by atoms with van der Waals surface area (Å²) in [7, 11) is 4.42. The molecular formula is C25H30N4O9. The molecule has 0 aromatic heterocycles. The number of anilines is 1. The summed E-state index contributed by atoms with van der Waals surface area (Å²) < 4.78 is 0. The first kappa shape index (κ1) is 27.3. The Morgan fingerprint density at radius 1 is 1.16 bits per heavy atom. The molecule has 1 saturated carbocycles. The summed E-state index contributed by atoms with van der Waals surface area (Å²) in [6.45, 7) is 1.55. The fraction of sp³-hybridized carbons (Fsp3) is 0.440. The molecule has 3 aliphatic carbocycles. The number of nitrogens with one attached hydrogen (secondary N) is 2. The highest BCUT2D eigenvalue weighted by molar-refractivity contribution is 6.24. The number of aliphatic hydroxyl groups excluding tert-OH is 3. The zero-order valence-corrected chi connectivity index (χ0v) is 21.1. The third-order valence-electron chi connectivity index (χ3n) is 7.74. The minimum Gasteiger partial charge on any atom is -0.508 e. The van der Waals surface area contributed by atoms with Gasteiger partial charge >= 0.3 is 0 Å². The Hall–Kier alpha value is -3.78. The van der Waals surface area contributed by atoms with Crippen molar-refractivity contribution < 1.29 is 44.7 Å². The largest absolute Gasteiger partial charge is 0.508 e. The maximum absolute atomic E-state index is 13.9. The first-order valence-electron chi connectivity index (χ1n) is 11.8. The quantitative estimate of drug-likeness (QED) is 0.164. The van der Waals surface area contributed by atoms with E-state index in [9.17, 15) is 44.7 Å². The average molecular weight is 531 g/mol. The molecule has 0 saturated heterocycles. The van der Waals surface area contributed by atoms with Crippen LogP contribution in [0, 0.1) is 11.8 Å². The predicted molar refractivity (Wildman–Crippen MR) is 133 cm³/mol. The number of nitrogens with two attached hydrogens (primary N) is 1. The van der Waals surface area contributed by atoms with Crippen molar-refractivity contribution in [1.82, 2.24) is 10.2 Å². The van der Waals surface area contributed by atoms with Gasteiger partial charge in [-0.2, -0.15) is 0 Å². The van der Waals surface area contributed by atoms with E-state index in [-0.39, 0.29) is 17.8 Å². The monoisotopic (exact) mass is 530 g/mol. The van der Waals surface area contributed by atoms with E-state index in [0.29, 0.717) is 5.56 Å². The highest BCUT2D eigenvalue weighted by Crippen LogP contribution is 2.56. The second-order valence-corrected chi connectivity index (χ2v) is 10.1. The summed E-state index contributed by atoms with van der Waals surface area (Å²) in [5.41, 5.74) is 0.889. The molecule has 0 aliphatic heterocycles. The van der Waals surface area contributed by atoms with Crippen LogP contribution in [-0.2, 0) is 19.2 Å². The van der Waals surface area contributed by atoms with Crippen molar-refractivity contribution in [3.8, 4) is 5.75 Å². The molecule has 2 amide bonds. The standard InChI is InChI=1S/C25H30N4O9/c1-8-9-5-6-10(28-11(30)7-27-2)18(31)13(9)19(32)14-12(8)20(33)16-17(29(3)4)21(34)15(24(26)37)23(36)25(16,38)22(14)35/h5-6,8,12,16-17,20,27,31-33,36,38H,7H2,1-4H3,(H2,26,37)(H,28,30)/t8-,12+,16+,17-,20-,25-/m0/s1. The number of rotatable bonds is 5. The van der Waals surface area contributed by atoms with E-state index in [1.165, 1.54) is 31.1 Å². The van der Waals surface area contributed by atoms with Crippen molar-refractivity contribution in [2.24, 2.45) is 17.6 Å². The Bertz CT molecular complexity index is 1330. The molecule has 13 heteroatoms. The van der Waals surface area contributed by atoms with Crippen LogP contribution >= 0.6 is 0 Å². The van der Waals surface area contributed by atoms with E-state index in [1.54, 1.807) is 14.0 Å². The zero-order chi connectivity index (χ0) is 28.4. The van der Waals surface area contributed by atoms with Crippen LogP contribution in [0.1, 0.15) is 24.0 Å². The summed E-state index contributed by atoms with van der Waals surface area (Å²) in [6, 6.07) is 1.50. The van der Waals surface area contributed by atoms with E-state index >= 15 is 0 Å². The van der Waals surface area contributed by atoms with E-state index in [1.807, 2.05) is 0 Å². The van der Waals surface area contributed by atoms with Gasteiger partial charge in [0.1, 0.15) is 22.8 Å². The van der Waals surface area contributed by atoms with Crippen LogP contribution in [0.25, 0.3) is 5.76 Å². The number of carbonyl (C=O) groups is 4. The van der Waals surface area contributed by atoms with Crippen molar-refractivity contribution in [2.45, 2.75) is 30.6 Å². The molecule has 1 fully saturated rings. The maximum atomic E-state index is 13.9. The number of likely N-dealkylation sites (N-methyl/N-ethyl adjacent to an activating group) is 2. The molecular weight excluding hydrogens is 500 g/mol. The van der Waals surface area contributed by atoms with E-state index in [4.69, 9.17) is 5.73 Å². The van der Waals surface area contributed by atoms with Crippen LogP contribution < -0.4 is 16.4 Å². The topological polar surface area (TPSA) is 223 Å². The molecule has 0 bridgehead atoms. The van der Waals surface area contributed by atoms with Crippen LogP contribution in [0.3, 0.4) is 0 Å². The van der Waals surface area contributed by atoms with Crippen LogP contribution in [0.4, 0.5) is 5.69 Å². The molecule has 1 aromatic rings. The van der Waals surface area contributed by atoms with Crippen LogP contribution in [0.5, 0.6) is 5.75 Å². The Kier molecular flexibility index (Phi) is 6.60. The minimum atomic E-state index is -2.99. The summed E-state index contributed by atoms with van der Waals surface area (Å²) in [5, 5.41) is 61.5. The van der Waals surface area contributed by atoms with Gasteiger partial charge in [-0.05, 0) is 38.7 Å². The fourth-order valence-corrected chi connectivity index (χ4v) is 6.07. The molecule has 204 valence electrons. The van der Waals surface area contributed by atoms with Crippen molar-refractivity contribution in [2.75, 3.05) is 33.0 Å². The second kappa shape index (κ2) is 9.20. The number of hydrogen-bond donors (Lipinski definition) is 8. The normalized spacial score (nSPS) is 30.7. The highest BCUT2D eigenvalue weighted by atomic mass is 16.4. The summed E-state index contributed by atoms with van der Waals surface area (Å²) in [5.74, 6) is -10.3. The van der Waals surface area contributed by atoms with Gasteiger partial charge < -0.3 is 41.9 Å². The number of amides is 2. The van der Waals surface area contributed by atoms with Gasteiger partial charge in [-0.15, -0.1) is 0 Å². The smallest absolute Gasteiger partial charge is 0.255 e. The van der Waals surface area contributed by atoms with Gasteiger partial charge in [-0.3, -0.25) is 24.1 Å². The third-order valence-corrected chi connectivity index (χ3v) is 7.74. The van der Waals surface area contributed by atoms with Crippen molar-refractivity contribution in [1.29, 1.82) is 0 Å². The third kappa shape index (κ3) is 3.54. The number of aliphatic hydroxyl groups is 4. The van der Waals surface area contributed by atoms with Gasteiger partial charge in [0, 0.05) is 11.5 Å². The van der Waals surface area contributed by atoms with Gasteiger partial charge in [0.05, 0.1) is 35.9 Å². The van der Waals surface area contributed by atoms with E-state index < -0.39 is 87.3 Å². The average Bonchev–Trinajstić information content (AvgIpc) is 2.82. The molecule has 6 atom stereocenters. The minimum absolute atomic E-state index is 0.0584. The number of nitrogens with zero attached hydrogens (tertiary/aromatic N) is 1. The maximum Gasteiger partial charge on any atom is 0.255 e. The van der Waals surface area contributed by atoms with Gasteiger partial charge in [0.15, 0.2) is 11.4 Å². The second-order valence-electron chi connectivity index (χ2n) is 10.1. The predicted octanol–water partition coefficient (Wildman–Crippen LogP) is -1.35. The number of carbonyl (C=O) groups excluding carboxylic acids is 4. The molecule has 0 radical (unpaired) electrons. The highest BCUT2D eigenvalue weighted by Gasteiger charge is 2.68. The van der Waals surface area contributed by atoms with Gasteiger partial charge in [0.25, 0.3) is 5.91 Å². The van der Waals surface area contributed by atoms with Crippen molar-refractivity contribution in [3.05, 3.63) is 40.2 Å². The molecule has 0 heterocycles. The zero-order valence-electron chi connectivity index (χ0n) is 21.1. The molecule has 3 aliphatic rings. The van der Waals surface area contributed by atoms with Gasteiger partial charge in [0.2, 0.25) is 11.7 Å². The number of Topliss-reactive ketones (excluding diaryl/α,β-unsaturated/α-hetero) is 2. The van der Waals surface area contributed by atoms with Crippen LogP contribution in [-0.4, -0.2) is 99.2 Å². The molecule has 0 spiro atoms. The SMILES string of the molecule is CNCC(=O)Nc1ccc2c(c1O)C(O)=C1C(=O)[C@]3(O)C(O)=C(C(N)=O)C(=O)[C@@H](N(C)C)[C@@H]3[C@@H](O)[C@@H]1[C@H]2C. The van der Waals surface area contributed by atoms with Gasteiger partial charge in [-0.25, -0.2) is 0 Å². The van der Waals surface area contributed by atoms with Crippen LogP contribution in [0.2, 0.25) is 0 Å². The van der Waals surface area contributed by atoms with E-state index in [2.05, 4.69) is 10.6 Å². The lowest BCUT2D eigenvalue weighted by Crippen LogP contribution is -2.70. The Balaban J connectivity index is 1.98. The number of phenols is 1. The molecule has 4 rings (SSSR count). The number of phenolic OH excluding ortho intramolecular Hbond substituents is 1. The Morgan fingerprint density at radius 3 is 2.34 bits per heavy atom. The first-order chi connectivity index (χ1) is 17.7. The number of fused-ring (bicyclic) bond motifs is 3. The summed E-state index contributed by atoms with van der Waals surface area (Å²) >= 11 is 0. The number of aromatic hydroxyl groups is 1. The first-order valence-corrected chi connectivity index (χ1v) is 11.8. The number of benzene rings is 1. The number of ketones is 2. The lowest BCUT2D eigenvalue weighted by atomic mass is 9.54. The van der Waals surface area contributed by atoms with Gasteiger partial charge in [-0.1, -0.05) is 13.0 Å². The lowest BCUT2D eigenvalue weighted by molar-refractivity contribution is -0.169. The van der Waals surface area contributed by atoms with Crippen molar-refractivity contribution in [3.63, 3.8) is 0 Å². The molecule has 0 unspecified atom stereocenters. The Morgan fingerprint density at radius 2 is 1.79 bits per heavy atom. The number of primary amides is 1.